The molecule has 0 unspecified atom stereocenters. The topological polar surface area (TPSA) is 90.5 Å². The van der Waals surface area contributed by atoms with E-state index in [9.17, 15) is 18.8 Å². The van der Waals surface area contributed by atoms with Gasteiger partial charge in [-0.15, -0.1) is 0 Å². The zero-order valence-electron chi connectivity index (χ0n) is 16.4. The molecule has 0 spiro atoms. The van der Waals surface area contributed by atoms with E-state index in [1.807, 2.05) is 6.92 Å². The normalized spacial score (nSPS) is 15.1. The second kappa shape index (κ2) is 7.47. The Labute approximate surface area is 173 Å². The number of fused-ring (bicyclic) bond motifs is 1. The van der Waals surface area contributed by atoms with E-state index < -0.39 is 5.91 Å². The summed E-state index contributed by atoms with van der Waals surface area (Å²) in [5, 5.41) is 2.73. The Morgan fingerprint density at radius 2 is 1.83 bits per heavy atom. The highest BCUT2D eigenvalue weighted by Crippen LogP contribution is 2.27. The van der Waals surface area contributed by atoms with Gasteiger partial charge in [-0.3, -0.25) is 30.1 Å². The fourth-order valence-corrected chi connectivity index (χ4v) is 3.49. The summed E-state index contributed by atoms with van der Waals surface area (Å²) in [7, 11) is 1.43. The Hall–Kier alpha value is -3.94. The van der Waals surface area contributed by atoms with Gasteiger partial charge in [-0.05, 0) is 66.1 Å². The van der Waals surface area contributed by atoms with Crippen LogP contribution in [-0.2, 0) is 11.2 Å². The van der Waals surface area contributed by atoms with Crippen LogP contribution in [0.5, 0.6) is 0 Å². The molecule has 0 bridgehead atoms. The smallest absolute Gasteiger partial charge is 0.261 e. The van der Waals surface area contributed by atoms with Crippen molar-refractivity contribution in [1.29, 1.82) is 0 Å². The highest BCUT2D eigenvalue weighted by atomic mass is 19.1. The first-order chi connectivity index (χ1) is 14.3. The molecule has 2 aromatic carbocycles. The lowest BCUT2D eigenvalue weighted by atomic mass is 9.97. The van der Waals surface area contributed by atoms with E-state index >= 15 is 0 Å². The number of carbonyl (C=O) groups excluding carboxylic acids is 3. The number of aryl methyl sites for hydroxylation is 1. The summed E-state index contributed by atoms with van der Waals surface area (Å²) in [4.78, 5) is 38.3. The molecule has 0 saturated carbocycles. The molecular formula is C22H21FN4O3. The summed E-state index contributed by atoms with van der Waals surface area (Å²) < 4.78 is 13.1. The maximum Gasteiger partial charge on any atom is 0.261 e. The summed E-state index contributed by atoms with van der Waals surface area (Å²) in [6, 6.07) is 9.42. The van der Waals surface area contributed by atoms with Crippen molar-refractivity contribution in [2.75, 3.05) is 7.05 Å². The third kappa shape index (κ3) is 3.55. The summed E-state index contributed by atoms with van der Waals surface area (Å²) in [5.74, 6) is -0.992. The molecule has 7 nitrogen and oxygen atoms in total. The van der Waals surface area contributed by atoms with E-state index in [0.29, 0.717) is 16.9 Å². The Morgan fingerprint density at radius 3 is 2.50 bits per heavy atom. The van der Waals surface area contributed by atoms with E-state index in [-0.39, 0.29) is 31.0 Å². The molecule has 2 aliphatic rings. The lowest BCUT2D eigenvalue weighted by Crippen LogP contribution is -2.40. The fraction of sp³-hybridized carbons (Fsp3) is 0.136. The van der Waals surface area contributed by atoms with Crippen LogP contribution in [0.15, 0.2) is 54.4 Å². The second-order valence-electron chi connectivity index (χ2n) is 7.16. The van der Waals surface area contributed by atoms with Crippen molar-refractivity contribution in [3.05, 3.63) is 88.0 Å². The van der Waals surface area contributed by atoms with E-state index in [2.05, 4.69) is 16.2 Å². The minimum atomic E-state index is -0.402. The van der Waals surface area contributed by atoms with Crippen LogP contribution in [0.1, 0.15) is 38.8 Å². The van der Waals surface area contributed by atoms with Crippen LogP contribution in [0.25, 0.3) is 5.70 Å². The average Bonchev–Trinajstić information content (AvgIpc) is 2.93. The van der Waals surface area contributed by atoms with Gasteiger partial charge in [0.2, 0.25) is 5.91 Å². The third-order valence-corrected chi connectivity index (χ3v) is 4.95. The summed E-state index contributed by atoms with van der Waals surface area (Å²) >= 11 is 0. The van der Waals surface area contributed by atoms with Gasteiger partial charge in [0.15, 0.2) is 0 Å². The van der Waals surface area contributed by atoms with Crippen molar-refractivity contribution in [1.82, 2.24) is 21.1 Å². The molecule has 2 aliphatic heterocycles. The second-order valence-corrected chi connectivity index (χ2v) is 7.16. The van der Waals surface area contributed by atoms with Gasteiger partial charge in [-0.25, -0.2) is 4.39 Å². The maximum atomic E-state index is 13.1. The van der Waals surface area contributed by atoms with Crippen LogP contribution >= 0.6 is 0 Å². The first-order valence-electron chi connectivity index (χ1n) is 9.29. The summed E-state index contributed by atoms with van der Waals surface area (Å²) in [6.07, 6.45) is 3.38. The molecule has 0 atom stereocenters. The van der Waals surface area contributed by atoms with Gasteiger partial charge in [-0.2, -0.15) is 0 Å². The number of halogens is 1. The quantitative estimate of drug-likeness (QED) is 0.675. The van der Waals surface area contributed by atoms with E-state index in [1.54, 1.807) is 36.4 Å². The Morgan fingerprint density at radius 1 is 1.10 bits per heavy atom. The molecule has 2 heterocycles. The standard InChI is InChI=1S/C22H19FN4O3.H2/c1-12-9-14(20-16(10-12)21(29)27(2)22(20)30)11-19(28)24-18-8-7-17(25-26-18)13-3-5-15(23)6-4-13;/h3-10,25-26H,11H2,1-2H3,(H,24,28);1H. The highest BCUT2D eigenvalue weighted by Gasteiger charge is 2.35. The van der Waals surface area contributed by atoms with Crippen molar-refractivity contribution in [3.63, 3.8) is 0 Å². The van der Waals surface area contributed by atoms with Crippen molar-refractivity contribution in [2.24, 2.45) is 0 Å². The molecule has 8 heteroatoms. The lowest BCUT2D eigenvalue weighted by molar-refractivity contribution is -0.119. The molecule has 2 aromatic rings. The average molecular weight is 408 g/mol. The summed E-state index contributed by atoms with van der Waals surface area (Å²) in [5.41, 5.74) is 9.25. The Bertz CT molecular complexity index is 1140. The van der Waals surface area contributed by atoms with Gasteiger partial charge in [0, 0.05) is 8.47 Å². The molecule has 0 aromatic heterocycles. The van der Waals surface area contributed by atoms with Crippen LogP contribution < -0.4 is 16.2 Å². The lowest BCUT2D eigenvalue weighted by Gasteiger charge is -2.20. The number of amides is 3. The number of imide groups is 1. The predicted octanol–water partition coefficient (Wildman–Crippen LogP) is 2.25. The van der Waals surface area contributed by atoms with Crippen LogP contribution in [0.3, 0.4) is 0 Å². The third-order valence-electron chi connectivity index (χ3n) is 4.95. The number of hydrazine groups is 1. The van der Waals surface area contributed by atoms with Crippen LogP contribution in [0.2, 0.25) is 0 Å². The number of nitrogens with one attached hydrogen (secondary N) is 3. The van der Waals surface area contributed by atoms with E-state index in [0.717, 1.165) is 21.7 Å². The van der Waals surface area contributed by atoms with Crippen molar-refractivity contribution in [2.45, 2.75) is 13.3 Å². The molecule has 0 saturated heterocycles. The maximum absolute atomic E-state index is 13.1. The molecule has 3 N–H and O–H groups in total. The number of carbonyl (C=O) groups is 3. The molecule has 3 amide bonds. The van der Waals surface area contributed by atoms with E-state index in [4.69, 9.17) is 0 Å². The van der Waals surface area contributed by atoms with Gasteiger partial charge in [0.1, 0.15) is 11.6 Å². The molecule has 4 rings (SSSR count). The number of hydrogen-bond donors (Lipinski definition) is 3. The number of nitrogens with zero attached hydrogens (tertiary/aromatic N) is 1. The van der Waals surface area contributed by atoms with Gasteiger partial charge < -0.3 is 5.32 Å². The highest BCUT2D eigenvalue weighted by molar-refractivity contribution is 6.22. The molecule has 0 fully saturated rings. The minimum Gasteiger partial charge on any atom is -0.311 e. The predicted molar refractivity (Wildman–Crippen MR) is 110 cm³/mol. The number of hydrogen-bond acceptors (Lipinski definition) is 5. The van der Waals surface area contributed by atoms with Gasteiger partial charge >= 0.3 is 0 Å². The zero-order chi connectivity index (χ0) is 21.4. The van der Waals surface area contributed by atoms with Crippen LogP contribution in [-0.4, -0.2) is 29.7 Å². The fourth-order valence-electron chi connectivity index (χ4n) is 3.49. The van der Waals surface area contributed by atoms with Crippen LogP contribution in [0, 0.1) is 12.7 Å². The number of allylic oxidation sites excluding steroid dienone is 2. The Kier molecular flexibility index (Phi) is 4.83. The zero-order valence-corrected chi connectivity index (χ0v) is 16.4. The monoisotopic (exact) mass is 408 g/mol. The van der Waals surface area contributed by atoms with Gasteiger partial charge in [-0.1, -0.05) is 6.07 Å². The van der Waals surface area contributed by atoms with Crippen molar-refractivity contribution >= 4 is 23.4 Å². The van der Waals surface area contributed by atoms with Crippen LogP contribution in [0.4, 0.5) is 4.39 Å². The largest absolute Gasteiger partial charge is 0.311 e. The van der Waals surface area contributed by atoms with Crippen molar-refractivity contribution in [3.8, 4) is 0 Å². The molecule has 0 radical (unpaired) electrons. The first-order valence-corrected chi connectivity index (χ1v) is 9.29. The van der Waals surface area contributed by atoms with Gasteiger partial charge in [0.05, 0.1) is 23.2 Å². The molecule has 0 aliphatic carbocycles. The van der Waals surface area contributed by atoms with Gasteiger partial charge in [0.25, 0.3) is 11.8 Å². The SMILES string of the molecule is Cc1cc(CC(=O)NC2=CC=C(c3ccc(F)cc3)NN2)c2c(c1)C(=O)N(C)C2=O.[HH]. The van der Waals surface area contributed by atoms with Crippen molar-refractivity contribution < 1.29 is 20.2 Å². The molecule has 30 heavy (non-hydrogen) atoms. The first kappa shape index (κ1) is 19.4. The minimum absolute atomic E-state index is 0. The summed E-state index contributed by atoms with van der Waals surface area (Å²) in [6.45, 7) is 1.81. The number of benzene rings is 2. The molecular weight excluding hydrogens is 387 g/mol. The molecule has 154 valence electrons. The Balaban J connectivity index is 0.00000272. The van der Waals surface area contributed by atoms with E-state index in [1.165, 1.54) is 19.2 Å². The number of rotatable bonds is 4.